The molecule has 0 atom stereocenters. The van der Waals surface area contributed by atoms with Gasteiger partial charge in [-0.15, -0.1) is 0 Å². The molecule has 0 aliphatic carbocycles. The molecule has 21 heavy (non-hydrogen) atoms. The SMILES string of the molecule is CCOc1cc(C(=O)O)cc(Br)c1OCCCC(=O)OC. The maximum atomic E-state index is 11.0. The Kier molecular flexibility index (Phi) is 7.01. The first-order valence-corrected chi connectivity index (χ1v) is 7.18. The van der Waals surface area contributed by atoms with E-state index in [0.29, 0.717) is 35.6 Å². The maximum absolute atomic E-state index is 11.0. The van der Waals surface area contributed by atoms with Gasteiger partial charge in [0.15, 0.2) is 11.5 Å². The summed E-state index contributed by atoms with van der Waals surface area (Å²) >= 11 is 3.27. The number of ether oxygens (including phenoxy) is 3. The van der Waals surface area contributed by atoms with E-state index in [2.05, 4.69) is 20.7 Å². The van der Waals surface area contributed by atoms with Gasteiger partial charge in [-0.3, -0.25) is 4.79 Å². The Bertz CT molecular complexity index is 514. The van der Waals surface area contributed by atoms with Crippen molar-refractivity contribution in [2.45, 2.75) is 19.8 Å². The van der Waals surface area contributed by atoms with Gasteiger partial charge in [0, 0.05) is 6.42 Å². The maximum Gasteiger partial charge on any atom is 0.335 e. The highest BCUT2D eigenvalue weighted by molar-refractivity contribution is 9.10. The van der Waals surface area contributed by atoms with Gasteiger partial charge in [0.25, 0.3) is 0 Å². The molecule has 0 radical (unpaired) electrons. The Morgan fingerprint density at radius 3 is 2.57 bits per heavy atom. The van der Waals surface area contributed by atoms with Crippen molar-refractivity contribution in [3.05, 3.63) is 22.2 Å². The third-order valence-electron chi connectivity index (χ3n) is 2.56. The van der Waals surface area contributed by atoms with Gasteiger partial charge in [0.2, 0.25) is 0 Å². The summed E-state index contributed by atoms with van der Waals surface area (Å²) in [6.45, 7) is 2.47. The van der Waals surface area contributed by atoms with Crippen molar-refractivity contribution in [1.82, 2.24) is 0 Å². The zero-order valence-corrected chi connectivity index (χ0v) is 13.4. The second-order valence-corrected chi connectivity index (χ2v) is 4.91. The molecule has 0 amide bonds. The fourth-order valence-electron chi connectivity index (χ4n) is 1.59. The normalized spacial score (nSPS) is 10.0. The molecule has 0 fully saturated rings. The number of carboxylic acids is 1. The van der Waals surface area contributed by atoms with Gasteiger partial charge in [-0.2, -0.15) is 0 Å². The number of esters is 1. The van der Waals surface area contributed by atoms with Crippen LogP contribution in [0, 0.1) is 0 Å². The lowest BCUT2D eigenvalue weighted by Crippen LogP contribution is -2.07. The van der Waals surface area contributed by atoms with E-state index in [-0.39, 0.29) is 18.0 Å². The number of carbonyl (C=O) groups is 2. The summed E-state index contributed by atoms with van der Waals surface area (Å²) in [6, 6.07) is 2.85. The van der Waals surface area contributed by atoms with E-state index in [1.165, 1.54) is 19.2 Å². The molecule has 1 rings (SSSR count). The summed E-state index contributed by atoms with van der Waals surface area (Å²) in [6.07, 6.45) is 0.747. The van der Waals surface area contributed by atoms with Gasteiger partial charge in [-0.1, -0.05) is 0 Å². The zero-order chi connectivity index (χ0) is 15.8. The van der Waals surface area contributed by atoms with Gasteiger partial charge < -0.3 is 19.3 Å². The van der Waals surface area contributed by atoms with Gasteiger partial charge in [-0.05, 0) is 41.4 Å². The van der Waals surface area contributed by atoms with Crippen molar-refractivity contribution in [2.75, 3.05) is 20.3 Å². The van der Waals surface area contributed by atoms with Crippen LogP contribution in [0.4, 0.5) is 0 Å². The Morgan fingerprint density at radius 1 is 1.29 bits per heavy atom. The van der Waals surface area contributed by atoms with Gasteiger partial charge in [0.05, 0.1) is 30.4 Å². The molecule has 0 bridgehead atoms. The molecule has 0 aromatic heterocycles. The molecule has 0 spiro atoms. The van der Waals surface area contributed by atoms with E-state index in [0.717, 1.165) is 0 Å². The van der Waals surface area contributed by atoms with Gasteiger partial charge in [-0.25, -0.2) is 4.79 Å². The predicted octanol–water partition coefficient (Wildman–Crippen LogP) is 2.88. The lowest BCUT2D eigenvalue weighted by atomic mass is 10.2. The van der Waals surface area contributed by atoms with E-state index < -0.39 is 5.97 Å². The van der Waals surface area contributed by atoms with Crippen LogP contribution in [0.2, 0.25) is 0 Å². The Labute approximate surface area is 131 Å². The second kappa shape index (κ2) is 8.51. The molecule has 1 aromatic carbocycles. The number of hydrogen-bond donors (Lipinski definition) is 1. The van der Waals surface area contributed by atoms with Crippen LogP contribution in [0.25, 0.3) is 0 Å². The fourth-order valence-corrected chi connectivity index (χ4v) is 2.14. The second-order valence-electron chi connectivity index (χ2n) is 4.05. The average Bonchev–Trinajstić information content (AvgIpc) is 2.45. The lowest BCUT2D eigenvalue weighted by molar-refractivity contribution is -0.140. The molecule has 0 unspecified atom stereocenters. The molecule has 7 heteroatoms. The number of hydrogen-bond acceptors (Lipinski definition) is 5. The minimum Gasteiger partial charge on any atom is -0.490 e. The molecule has 0 saturated heterocycles. The standard InChI is InChI=1S/C14H17BrO6/c1-3-20-11-8-9(14(17)18)7-10(15)13(11)21-6-4-5-12(16)19-2/h7-8H,3-6H2,1-2H3,(H,17,18). The Balaban J connectivity index is 2.80. The quantitative estimate of drug-likeness (QED) is 0.566. The van der Waals surface area contributed by atoms with Crippen molar-refractivity contribution in [3.8, 4) is 11.5 Å². The molecule has 0 aliphatic heterocycles. The third-order valence-corrected chi connectivity index (χ3v) is 3.14. The molecule has 6 nitrogen and oxygen atoms in total. The van der Waals surface area contributed by atoms with Crippen LogP contribution in [-0.4, -0.2) is 37.4 Å². The zero-order valence-electron chi connectivity index (χ0n) is 11.8. The summed E-state index contributed by atoms with van der Waals surface area (Å²) < 4.78 is 16.0. The molecule has 1 N–H and O–H groups in total. The van der Waals surface area contributed by atoms with E-state index in [1.54, 1.807) is 6.92 Å². The summed E-state index contributed by atoms with van der Waals surface area (Å²) in [5.41, 5.74) is 0.104. The highest BCUT2D eigenvalue weighted by Crippen LogP contribution is 2.37. The van der Waals surface area contributed by atoms with Gasteiger partial charge >= 0.3 is 11.9 Å². The minimum absolute atomic E-state index is 0.104. The average molecular weight is 361 g/mol. The van der Waals surface area contributed by atoms with Crippen LogP contribution in [0.5, 0.6) is 11.5 Å². The van der Waals surface area contributed by atoms with Crippen LogP contribution in [0.3, 0.4) is 0 Å². The first-order valence-electron chi connectivity index (χ1n) is 6.38. The molecular weight excluding hydrogens is 344 g/mol. The lowest BCUT2D eigenvalue weighted by Gasteiger charge is -2.14. The van der Waals surface area contributed by atoms with Crippen molar-refractivity contribution in [1.29, 1.82) is 0 Å². The van der Waals surface area contributed by atoms with E-state index in [4.69, 9.17) is 14.6 Å². The monoisotopic (exact) mass is 360 g/mol. The number of carboxylic acid groups (broad SMARTS) is 1. The number of carbonyl (C=O) groups excluding carboxylic acids is 1. The first-order chi connectivity index (χ1) is 9.99. The number of methoxy groups -OCH3 is 1. The Hall–Kier alpha value is -1.76. The van der Waals surface area contributed by atoms with E-state index in [1.807, 2.05) is 0 Å². The summed E-state index contributed by atoms with van der Waals surface area (Å²) in [4.78, 5) is 22.0. The summed E-state index contributed by atoms with van der Waals surface area (Å²) in [5, 5.41) is 9.03. The molecule has 0 saturated carbocycles. The van der Waals surface area contributed by atoms with Crippen molar-refractivity contribution in [2.24, 2.45) is 0 Å². The molecule has 0 aliphatic rings. The largest absolute Gasteiger partial charge is 0.490 e. The van der Waals surface area contributed by atoms with Crippen molar-refractivity contribution < 1.29 is 28.9 Å². The third kappa shape index (κ3) is 5.26. The summed E-state index contributed by atoms with van der Waals surface area (Å²) in [5.74, 6) is -0.577. The molecule has 1 aromatic rings. The van der Waals surface area contributed by atoms with E-state index >= 15 is 0 Å². The van der Waals surface area contributed by atoms with Crippen molar-refractivity contribution in [3.63, 3.8) is 0 Å². The first kappa shape index (κ1) is 17.3. The topological polar surface area (TPSA) is 82.1 Å². The number of benzene rings is 1. The van der Waals surface area contributed by atoms with Crippen LogP contribution in [0.1, 0.15) is 30.1 Å². The fraction of sp³-hybridized carbons (Fsp3) is 0.429. The van der Waals surface area contributed by atoms with E-state index in [9.17, 15) is 9.59 Å². The number of halogens is 1. The highest BCUT2D eigenvalue weighted by Gasteiger charge is 2.15. The predicted molar refractivity (Wildman–Crippen MR) is 79.0 cm³/mol. The Morgan fingerprint density at radius 2 is 2.00 bits per heavy atom. The minimum atomic E-state index is -1.05. The van der Waals surface area contributed by atoms with Crippen molar-refractivity contribution >= 4 is 27.9 Å². The smallest absolute Gasteiger partial charge is 0.335 e. The van der Waals surface area contributed by atoms with Crippen LogP contribution >= 0.6 is 15.9 Å². The summed E-state index contributed by atoms with van der Waals surface area (Å²) in [7, 11) is 1.33. The number of rotatable bonds is 8. The highest BCUT2D eigenvalue weighted by atomic mass is 79.9. The van der Waals surface area contributed by atoms with Crippen LogP contribution in [-0.2, 0) is 9.53 Å². The van der Waals surface area contributed by atoms with Gasteiger partial charge in [0.1, 0.15) is 0 Å². The molecular formula is C14H17BrO6. The van der Waals surface area contributed by atoms with Crippen LogP contribution in [0.15, 0.2) is 16.6 Å². The van der Waals surface area contributed by atoms with Crippen LogP contribution < -0.4 is 9.47 Å². The molecule has 116 valence electrons. The number of aromatic carboxylic acids is 1. The molecule has 0 heterocycles.